The number of fused-ring (bicyclic) bond motifs is 1. The van der Waals surface area contributed by atoms with Crippen LogP contribution in [0.3, 0.4) is 0 Å². The number of nitrogens with zero attached hydrogens (tertiary/aromatic N) is 1. The van der Waals surface area contributed by atoms with Crippen LogP contribution in [-0.4, -0.2) is 18.4 Å². The molecular weight excluding hydrogens is 400 g/mol. The zero-order valence-corrected chi connectivity index (χ0v) is 18.9. The minimum Gasteiger partial charge on any atom is -0.482 e. The van der Waals surface area contributed by atoms with Crippen LogP contribution in [0.4, 0.5) is 11.4 Å². The van der Waals surface area contributed by atoms with E-state index >= 15 is 0 Å². The molecular formula is C27H28N2O3. The Balaban J connectivity index is 1.51. The summed E-state index contributed by atoms with van der Waals surface area (Å²) in [7, 11) is 0. The van der Waals surface area contributed by atoms with Gasteiger partial charge in [-0.3, -0.25) is 9.59 Å². The zero-order chi connectivity index (χ0) is 22.9. The maximum atomic E-state index is 12.7. The van der Waals surface area contributed by atoms with E-state index in [-0.39, 0.29) is 23.8 Å². The lowest BCUT2D eigenvalue weighted by molar-refractivity contribution is -0.121. The van der Waals surface area contributed by atoms with Gasteiger partial charge in [-0.05, 0) is 59.9 Å². The molecule has 0 fully saturated rings. The first-order valence-electron chi connectivity index (χ1n) is 10.8. The van der Waals surface area contributed by atoms with Crippen molar-refractivity contribution in [2.24, 2.45) is 0 Å². The molecule has 5 nitrogen and oxygen atoms in total. The fraction of sp³-hybridized carbons (Fsp3) is 0.259. The van der Waals surface area contributed by atoms with Crippen LogP contribution in [0.5, 0.6) is 5.75 Å². The largest absolute Gasteiger partial charge is 0.482 e. The van der Waals surface area contributed by atoms with Crippen molar-refractivity contribution < 1.29 is 14.3 Å². The molecule has 0 bridgehead atoms. The fourth-order valence-corrected chi connectivity index (χ4v) is 3.63. The van der Waals surface area contributed by atoms with Crippen LogP contribution in [0.25, 0.3) is 0 Å². The molecule has 0 aromatic heterocycles. The number of hydrogen-bond donors (Lipinski definition) is 1. The number of amides is 2. The fourth-order valence-electron chi connectivity index (χ4n) is 3.63. The summed E-state index contributed by atoms with van der Waals surface area (Å²) in [5, 5.41) is 2.91. The molecule has 0 unspecified atom stereocenters. The monoisotopic (exact) mass is 428 g/mol. The minimum absolute atomic E-state index is 0.0267. The van der Waals surface area contributed by atoms with E-state index in [1.807, 2.05) is 61.5 Å². The van der Waals surface area contributed by atoms with Gasteiger partial charge in [0.15, 0.2) is 6.61 Å². The highest BCUT2D eigenvalue weighted by Crippen LogP contribution is 2.37. The summed E-state index contributed by atoms with van der Waals surface area (Å²) < 4.78 is 5.64. The smallest absolute Gasteiger partial charge is 0.265 e. The van der Waals surface area contributed by atoms with Gasteiger partial charge in [0, 0.05) is 11.3 Å². The second kappa shape index (κ2) is 8.50. The Labute approximate surface area is 189 Å². The van der Waals surface area contributed by atoms with Crippen molar-refractivity contribution in [2.45, 2.75) is 39.7 Å². The predicted molar refractivity (Wildman–Crippen MR) is 127 cm³/mol. The van der Waals surface area contributed by atoms with Gasteiger partial charge in [-0.1, -0.05) is 56.7 Å². The summed E-state index contributed by atoms with van der Waals surface area (Å²) in [5.74, 6) is 0.472. The highest BCUT2D eigenvalue weighted by molar-refractivity contribution is 6.04. The van der Waals surface area contributed by atoms with Crippen LogP contribution in [-0.2, 0) is 16.8 Å². The third-order valence-electron chi connectivity index (χ3n) is 5.63. The van der Waals surface area contributed by atoms with E-state index in [0.717, 1.165) is 28.1 Å². The van der Waals surface area contributed by atoms with Gasteiger partial charge in [-0.25, -0.2) is 0 Å². The minimum atomic E-state index is -0.164. The van der Waals surface area contributed by atoms with Gasteiger partial charge < -0.3 is 15.0 Å². The molecule has 0 saturated heterocycles. The molecule has 4 rings (SSSR count). The van der Waals surface area contributed by atoms with Crippen molar-refractivity contribution >= 4 is 23.2 Å². The summed E-state index contributed by atoms with van der Waals surface area (Å²) in [5.41, 5.74) is 5.30. The van der Waals surface area contributed by atoms with Crippen LogP contribution in [0.2, 0.25) is 0 Å². The van der Waals surface area contributed by atoms with Gasteiger partial charge in [0.1, 0.15) is 5.75 Å². The molecule has 0 atom stereocenters. The first kappa shape index (κ1) is 21.6. The normalized spacial score (nSPS) is 13.4. The number of carbonyl (C=O) groups excluding carboxylic acids is 2. The van der Waals surface area contributed by atoms with Gasteiger partial charge in [0.05, 0.1) is 12.2 Å². The number of benzene rings is 3. The van der Waals surface area contributed by atoms with E-state index in [1.54, 1.807) is 17.0 Å². The van der Waals surface area contributed by atoms with Gasteiger partial charge in [-0.15, -0.1) is 0 Å². The van der Waals surface area contributed by atoms with E-state index in [0.29, 0.717) is 17.9 Å². The number of anilines is 2. The Morgan fingerprint density at radius 1 is 1.00 bits per heavy atom. The SMILES string of the molecule is Cc1ccc(NC(=O)c2ccc(CN3C(=O)COc4ccc(C(C)(C)C)cc43)cc2)cc1. The molecule has 1 aliphatic rings. The Kier molecular flexibility index (Phi) is 5.74. The van der Waals surface area contributed by atoms with Crippen LogP contribution in [0.1, 0.15) is 47.8 Å². The second-order valence-electron chi connectivity index (χ2n) is 9.22. The summed E-state index contributed by atoms with van der Waals surface area (Å²) in [6.07, 6.45) is 0. The lowest BCUT2D eigenvalue weighted by atomic mass is 9.86. The van der Waals surface area contributed by atoms with Crippen molar-refractivity contribution in [1.82, 2.24) is 0 Å². The molecule has 1 N–H and O–H groups in total. The van der Waals surface area contributed by atoms with Crippen molar-refractivity contribution in [3.63, 3.8) is 0 Å². The Hall–Kier alpha value is -3.60. The van der Waals surface area contributed by atoms with E-state index in [4.69, 9.17) is 4.74 Å². The summed E-state index contributed by atoms with van der Waals surface area (Å²) in [4.78, 5) is 27.0. The van der Waals surface area contributed by atoms with E-state index < -0.39 is 0 Å². The van der Waals surface area contributed by atoms with Crippen LogP contribution in [0, 0.1) is 6.92 Å². The number of rotatable bonds is 4. The number of nitrogens with one attached hydrogen (secondary N) is 1. The number of carbonyl (C=O) groups is 2. The second-order valence-corrected chi connectivity index (χ2v) is 9.22. The lowest BCUT2D eigenvalue weighted by Crippen LogP contribution is -2.38. The zero-order valence-electron chi connectivity index (χ0n) is 18.9. The highest BCUT2D eigenvalue weighted by Gasteiger charge is 2.27. The Morgan fingerprint density at radius 3 is 2.34 bits per heavy atom. The predicted octanol–water partition coefficient (Wildman–Crippen LogP) is 5.47. The molecule has 0 spiro atoms. The third kappa shape index (κ3) is 4.67. The first-order chi connectivity index (χ1) is 15.2. The van der Waals surface area contributed by atoms with Crippen molar-refractivity contribution in [1.29, 1.82) is 0 Å². The molecule has 3 aromatic rings. The Bertz CT molecular complexity index is 1140. The van der Waals surface area contributed by atoms with Gasteiger partial charge >= 0.3 is 0 Å². The molecule has 2 amide bonds. The molecule has 164 valence electrons. The maximum Gasteiger partial charge on any atom is 0.265 e. The summed E-state index contributed by atoms with van der Waals surface area (Å²) in [6, 6.07) is 21.1. The van der Waals surface area contributed by atoms with Gasteiger partial charge in [0.2, 0.25) is 0 Å². The molecule has 1 heterocycles. The summed E-state index contributed by atoms with van der Waals surface area (Å²) >= 11 is 0. The highest BCUT2D eigenvalue weighted by atomic mass is 16.5. The first-order valence-corrected chi connectivity index (χ1v) is 10.8. The van der Waals surface area contributed by atoms with E-state index in [2.05, 4.69) is 26.1 Å². The number of ether oxygens (including phenoxy) is 1. The van der Waals surface area contributed by atoms with Crippen molar-refractivity contribution in [3.05, 3.63) is 89.0 Å². The molecule has 0 saturated carbocycles. The van der Waals surface area contributed by atoms with Crippen LogP contribution >= 0.6 is 0 Å². The Morgan fingerprint density at radius 2 is 1.69 bits per heavy atom. The van der Waals surface area contributed by atoms with Crippen LogP contribution < -0.4 is 15.0 Å². The average Bonchev–Trinajstić information content (AvgIpc) is 2.77. The number of hydrogen-bond acceptors (Lipinski definition) is 3. The van der Waals surface area contributed by atoms with Gasteiger partial charge in [0.25, 0.3) is 11.8 Å². The molecule has 5 heteroatoms. The third-order valence-corrected chi connectivity index (χ3v) is 5.63. The standard InChI is InChI=1S/C27H28N2O3/c1-18-5-12-22(13-6-18)28-26(31)20-9-7-19(8-10-20)16-29-23-15-21(27(2,3)4)11-14-24(23)32-17-25(29)30/h5-15H,16-17H2,1-4H3,(H,28,31). The van der Waals surface area contributed by atoms with E-state index in [1.165, 1.54) is 0 Å². The average molecular weight is 429 g/mol. The van der Waals surface area contributed by atoms with E-state index in [9.17, 15) is 9.59 Å². The molecule has 0 radical (unpaired) electrons. The van der Waals surface area contributed by atoms with Crippen LogP contribution in [0.15, 0.2) is 66.7 Å². The lowest BCUT2D eigenvalue weighted by Gasteiger charge is -2.31. The molecule has 3 aromatic carbocycles. The van der Waals surface area contributed by atoms with Gasteiger partial charge in [-0.2, -0.15) is 0 Å². The quantitative estimate of drug-likeness (QED) is 0.599. The molecule has 1 aliphatic heterocycles. The van der Waals surface area contributed by atoms with Crippen molar-refractivity contribution in [3.8, 4) is 5.75 Å². The molecule has 32 heavy (non-hydrogen) atoms. The molecule has 0 aliphatic carbocycles. The summed E-state index contributed by atoms with van der Waals surface area (Å²) in [6.45, 7) is 8.88. The van der Waals surface area contributed by atoms with Crippen molar-refractivity contribution in [2.75, 3.05) is 16.8 Å². The topological polar surface area (TPSA) is 58.6 Å². The number of aryl methyl sites for hydroxylation is 1. The maximum absolute atomic E-state index is 12.7.